The number of fused-ring (bicyclic) bond motifs is 1. The van der Waals surface area contributed by atoms with Crippen LogP contribution in [0.4, 0.5) is 0 Å². The van der Waals surface area contributed by atoms with Crippen molar-refractivity contribution in [3.05, 3.63) is 58.3 Å². The Morgan fingerprint density at radius 3 is 2.87 bits per heavy atom. The van der Waals surface area contributed by atoms with E-state index in [1.54, 1.807) is 13.0 Å². The molecule has 1 saturated heterocycles. The van der Waals surface area contributed by atoms with Gasteiger partial charge >= 0.3 is 5.97 Å². The zero-order valence-corrected chi connectivity index (χ0v) is 18.2. The van der Waals surface area contributed by atoms with Crippen LogP contribution >= 0.6 is 11.6 Å². The topological polar surface area (TPSA) is 95.6 Å². The minimum Gasteiger partial charge on any atom is -0.456 e. The maximum Gasteiger partial charge on any atom is 0.331 e. The van der Waals surface area contributed by atoms with E-state index >= 15 is 0 Å². The Labute approximate surface area is 179 Å². The molecular weight excluding hydrogens is 428 g/mol. The molecule has 0 bridgehead atoms. The monoisotopic (exact) mass is 448 g/mol. The van der Waals surface area contributed by atoms with E-state index in [-0.39, 0.29) is 24.2 Å². The van der Waals surface area contributed by atoms with Gasteiger partial charge in [-0.05, 0) is 38.0 Å². The third-order valence-corrected chi connectivity index (χ3v) is 7.15. The number of sulfone groups is 1. The average molecular weight is 449 g/mol. The summed E-state index contributed by atoms with van der Waals surface area (Å²) in [5, 5.41) is 4.68. The number of esters is 1. The van der Waals surface area contributed by atoms with Gasteiger partial charge in [0.05, 0.1) is 28.9 Å². The molecule has 0 amide bonds. The van der Waals surface area contributed by atoms with Gasteiger partial charge in [0.15, 0.2) is 9.84 Å². The van der Waals surface area contributed by atoms with Gasteiger partial charge in [-0.15, -0.1) is 0 Å². The molecule has 4 heterocycles. The first-order valence-corrected chi connectivity index (χ1v) is 11.7. The van der Waals surface area contributed by atoms with Gasteiger partial charge in [0.1, 0.15) is 17.4 Å². The molecule has 0 aromatic carbocycles. The Morgan fingerprint density at radius 2 is 2.13 bits per heavy atom. The lowest BCUT2D eigenvalue weighted by Gasteiger charge is -2.09. The van der Waals surface area contributed by atoms with Gasteiger partial charge in [-0.25, -0.2) is 22.9 Å². The second-order valence-corrected chi connectivity index (χ2v) is 10.0. The van der Waals surface area contributed by atoms with Gasteiger partial charge in [0.2, 0.25) is 0 Å². The van der Waals surface area contributed by atoms with Crippen molar-refractivity contribution in [1.82, 2.24) is 19.2 Å². The average Bonchev–Trinajstić information content (AvgIpc) is 3.33. The second kappa shape index (κ2) is 7.88. The smallest absolute Gasteiger partial charge is 0.331 e. The highest BCUT2D eigenvalue weighted by atomic mass is 35.5. The van der Waals surface area contributed by atoms with E-state index in [9.17, 15) is 13.2 Å². The highest BCUT2D eigenvalue weighted by Crippen LogP contribution is 2.30. The predicted molar refractivity (Wildman–Crippen MR) is 113 cm³/mol. The molecular formula is C20H21ClN4O4S. The third kappa shape index (κ3) is 4.27. The lowest BCUT2D eigenvalue weighted by molar-refractivity contribution is -0.139. The molecule has 3 aromatic rings. The van der Waals surface area contributed by atoms with E-state index in [0.29, 0.717) is 28.5 Å². The summed E-state index contributed by atoms with van der Waals surface area (Å²) >= 11 is 6.41. The van der Waals surface area contributed by atoms with Gasteiger partial charge < -0.3 is 9.14 Å². The molecule has 10 heteroatoms. The van der Waals surface area contributed by atoms with E-state index in [2.05, 4.69) is 10.1 Å². The Kier molecular flexibility index (Phi) is 5.42. The first kappa shape index (κ1) is 20.6. The van der Waals surface area contributed by atoms with Crippen LogP contribution in [0.5, 0.6) is 0 Å². The van der Waals surface area contributed by atoms with Crippen LogP contribution in [0, 0.1) is 13.8 Å². The van der Waals surface area contributed by atoms with Crippen molar-refractivity contribution >= 4 is 39.1 Å². The third-order valence-electron chi connectivity index (χ3n) is 5.02. The summed E-state index contributed by atoms with van der Waals surface area (Å²) in [6.45, 7) is 3.80. The number of hydrogen-bond donors (Lipinski definition) is 0. The molecule has 1 atom stereocenters. The molecule has 0 spiro atoms. The number of halogens is 1. The summed E-state index contributed by atoms with van der Waals surface area (Å²) in [4.78, 5) is 16.5. The lowest BCUT2D eigenvalue weighted by atomic mass is 10.2. The Morgan fingerprint density at radius 1 is 1.33 bits per heavy atom. The number of imidazole rings is 1. The van der Waals surface area contributed by atoms with Crippen molar-refractivity contribution in [2.45, 2.75) is 32.9 Å². The van der Waals surface area contributed by atoms with Crippen LogP contribution in [0.3, 0.4) is 0 Å². The maximum atomic E-state index is 12.1. The minimum atomic E-state index is -3.05. The zero-order chi connectivity index (χ0) is 21.5. The van der Waals surface area contributed by atoms with Crippen LogP contribution < -0.4 is 0 Å². The van der Waals surface area contributed by atoms with Crippen molar-refractivity contribution in [1.29, 1.82) is 0 Å². The largest absolute Gasteiger partial charge is 0.456 e. The van der Waals surface area contributed by atoms with Crippen molar-refractivity contribution < 1.29 is 17.9 Å². The molecule has 158 valence electrons. The first-order chi connectivity index (χ1) is 14.2. The van der Waals surface area contributed by atoms with Crippen LogP contribution in [0.1, 0.15) is 35.0 Å². The molecule has 8 nitrogen and oxygen atoms in total. The van der Waals surface area contributed by atoms with Crippen molar-refractivity contribution in [2.75, 3.05) is 11.5 Å². The maximum absolute atomic E-state index is 12.1. The molecule has 0 N–H and O–H groups in total. The molecule has 4 rings (SSSR count). The standard InChI is InChI=1S/C20H21ClN4O4S/c1-13-3-5-18-22-15(10-24(18)9-13)11-29-19(26)6-4-17-14(2)23-25(20(17)21)16-7-8-30(27,28)12-16/h3-6,9-10,16H,7-8,11-12H2,1-2H3/b6-4+/t16-/m0/s1. The Hall–Kier alpha value is -2.65. The molecule has 0 unspecified atom stereocenters. The number of hydrogen-bond acceptors (Lipinski definition) is 6. The summed E-state index contributed by atoms with van der Waals surface area (Å²) in [6, 6.07) is 3.58. The highest BCUT2D eigenvalue weighted by Gasteiger charge is 2.31. The number of aromatic nitrogens is 4. The number of carbonyl (C=O) groups excluding carboxylic acids is 1. The molecule has 0 saturated carbocycles. The number of aryl methyl sites for hydroxylation is 2. The summed E-state index contributed by atoms with van der Waals surface area (Å²) in [6.07, 6.45) is 7.07. The number of rotatable bonds is 5. The fourth-order valence-corrected chi connectivity index (χ4v) is 5.57. The summed E-state index contributed by atoms with van der Waals surface area (Å²) < 4.78 is 32.1. The van der Waals surface area contributed by atoms with Crippen molar-refractivity contribution in [2.24, 2.45) is 0 Å². The molecule has 0 aliphatic carbocycles. The van der Waals surface area contributed by atoms with E-state index < -0.39 is 15.8 Å². The van der Waals surface area contributed by atoms with E-state index in [1.165, 1.54) is 10.8 Å². The fraction of sp³-hybridized carbons (Fsp3) is 0.350. The fourth-order valence-electron chi connectivity index (χ4n) is 3.50. The zero-order valence-electron chi connectivity index (χ0n) is 16.6. The number of ether oxygens (including phenoxy) is 1. The van der Waals surface area contributed by atoms with E-state index in [0.717, 1.165) is 11.2 Å². The Balaban J connectivity index is 1.42. The first-order valence-electron chi connectivity index (χ1n) is 9.46. The summed E-state index contributed by atoms with van der Waals surface area (Å²) in [5.74, 6) is -0.375. The SMILES string of the molecule is Cc1ccc2nc(COC(=O)/C=C/c3c(C)nn([C@H]4CCS(=O)(=O)C4)c3Cl)cn2c1. The second-order valence-electron chi connectivity index (χ2n) is 7.44. The van der Waals surface area contributed by atoms with E-state index in [4.69, 9.17) is 16.3 Å². The van der Waals surface area contributed by atoms with Crippen LogP contribution in [0.25, 0.3) is 11.7 Å². The summed E-state index contributed by atoms with van der Waals surface area (Å²) in [7, 11) is -3.05. The van der Waals surface area contributed by atoms with Gasteiger partial charge in [0, 0.05) is 24.0 Å². The molecule has 1 fully saturated rings. The summed E-state index contributed by atoms with van der Waals surface area (Å²) in [5.41, 5.74) is 3.72. The number of carbonyl (C=O) groups is 1. The molecule has 0 radical (unpaired) electrons. The Bertz CT molecular complexity index is 1260. The van der Waals surface area contributed by atoms with Gasteiger partial charge in [0.25, 0.3) is 0 Å². The van der Waals surface area contributed by atoms with Gasteiger partial charge in [-0.2, -0.15) is 5.10 Å². The van der Waals surface area contributed by atoms with Crippen LogP contribution in [0.2, 0.25) is 5.15 Å². The van der Waals surface area contributed by atoms with Crippen LogP contribution in [-0.4, -0.2) is 45.1 Å². The molecule has 1 aliphatic rings. The molecule has 3 aromatic heterocycles. The van der Waals surface area contributed by atoms with Crippen LogP contribution in [0.15, 0.2) is 30.6 Å². The number of pyridine rings is 1. The lowest BCUT2D eigenvalue weighted by Crippen LogP contribution is -2.12. The van der Waals surface area contributed by atoms with Crippen molar-refractivity contribution in [3.63, 3.8) is 0 Å². The minimum absolute atomic E-state index is 0.0254. The van der Waals surface area contributed by atoms with Gasteiger partial charge in [-0.1, -0.05) is 17.7 Å². The molecule has 1 aliphatic heterocycles. The van der Waals surface area contributed by atoms with Crippen LogP contribution in [-0.2, 0) is 26.0 Å². The number of nitrogens with zero attached hydrogens (tertiary/aromatic N) is 4. The van der Waals surface area contributed by atoms with E-state index in [1.807, 2.05) is 35.9 Å². The van der Waals surface area contributed by atoms with Crippen molar-refractivity contribution in [3.8, 4) is 0 Å². The molecule has 30 heavy (non-hydrogen) atoms. The normalized spacial score (nSPS) is 18.4. The van der Waals surface area contributed by atoms with Gasteiger partial charge in [-0.3, -0.25) is 0 Å². The highest BCUT2D eigenvalue weighted by molar-refractivity contribution is 7.91. The quantitative estimate of drug-likeness (QED) is 0.440. The predicted octanol–water partition coefficient (Wildman–Crippen LogP) is 2.92.